The Hall–Kier alpha value is -3.95. The van der Waals surface area contributed by atoms with Gasteiger partial charge in [0.25, 0.3) is 0 Å². The Labute approximate surface area is 189 Å². The summed E-state index contributed by atoms with van der Waals surface area (Å²) in [7, 11) is 2.02. The van der Waals surface area contributed by atoms with Gasteiger partial charge >= 0.3 is 6.09 Å². The predicted octanol–water partition coefficient (Wildman–Crippen LogP) is 3.32. The van der Waals surface area contributed by atoms with E-state index in [0.717, 1.165) is 59.3 Å². The van der Waals surface area contributed by atoms with E-state index in [2.05, 4.69) is 30.4 Å². The molecule has 0 radical (unpaired) electrons. The highest BCUT2D eigenvalue weighted by molar-refractivity contribution is 5.97. The topological polar surface area (TPSA) is 116 Å². The number of anilines is 1. The van der Waals surface area contributed by atoms with E-state index in [1.54, 1.807) is 17.3 Å². The molecular formula is C23H24N8O2. The minimum atomic E-state index is -0.795. The summed E-state index contributed by atoms with van der Waals surface area (Å²) in [6, 6.07) is 10.3. The highest BCUT2D eigenvalue weighted by atomic mass is 16.4. The molecule has 1 amide bonds. The molecule has 3 aromatic heterocycles. The molecule has 2 N–H and O–H groups in total. The fourth-order valence-corrected chi connectivity index (χ4v) is 5.47. The fraction of sp³-hybridized carbons (Fsp3) is 0.348. The van der Waals surface area contributed by atoms with Gasteiger partial charge in [-0.3, -0.25) is 5.10 Å². The minimum Gasteiger partial charge on any atom is -0.465 e. The van der Waals surface area contributed by atoms with Gasteiger partial charge < -0.3 is 14.9 Å². The molecule has 4 aromatic rings. The molecule has 2 aliphatic rings. The summed E-state index contributed by atoms with van der Waals surface area (Å²) in [5.41, 5.74) is 3.51. The molecule has 33 heavy (non-hydrogen) atoms. The Bertz CT molecular complexity index is 1290. The number of amides is 1. The number of nitrogens with one attached hydrogen (secondary N) is 1. The van der Waals surface area contributed by atoms with Crippen molar-refractivity contribution in [2.75, 3.05) is 11.9 Å². The highest BCUT2D eigenvalue weighted by Crippen LogP contribution is 2.38. The van der Waals surface area contributed by atoms with Crippen LogP contribution in [0, 0.1) is 0 Å². The standard InChI is InChI=1S/C23H24N8O2/c1-29(16-11-14-3-4-15(12-16)31(14)23(32)33)21-8-6-19(26-27-21)17-5-7-20(30-10-2-9-25-30)18-13-24-28-22(17)18/h2,5-10,13-16H,3-4,11-12H2,1H3,(H,24,28)(H,32,33). The Morgan fingerprint density at radius 3 is 2.64 bits per heavy atom. The van der Waals surface area contributed by atoms with E-state index in [-0.39, 0.29) is 18.1 Å². The maximum Gasteiger partial charge on any atom is 0.407 e. The molecular weight excluding hydrogens is 420 g/mol. The lowest BCUT2D eigenvalue weighted by atomic mass is 9.96. The molecule has 0 saturated carbocycles. The summed E-state index contributed by atoms with van der Waals surface area (Å²) in [4.78, 5) is 15.4. The van der Waals surface area contributed by atoms with Crippen molar-refractivity contribution in [1.82, 2.24) is 35.1 Å². The van der Waals surface area contributed by atoms with Gasteiger partial charge in [0.1, 0.15) is 0 Å². The van der Waals surface area contributed by atoms with E-state index in [1.807, 2.05) is 48.3 Å². The first-order valence-electron chi connectivity index (χ1n) is 11.1. The molecule has 0 aliphatic carbocycles. The first kappa shape index (κ1) is 19.7. The van der Waals surface area contributed by atoms with Crippen LogP contribution in [0.5, 0.6) is 0 Å². The Morgan fingerprint density at radius 2 is 1.97 bits per heavy atom. The van der Waals surface area contributed by atoms with Crippen LogP contribution in [-0.2, 0) is 0 Å². The van der Waals surface area contributed by atoms with E-state index < -0.39 is 6.09 Å². The first-order valence-corrected chi connectivity index (χ1v) is 11.1. The van der Waals surface area contributed by atoms with E-state index in [9.17, 15) is 9.90 Å². The summed E-state index contributed by atoms with van der Waals surface area (Å²) in [5.74, 6) is 0.793. The molecule has 2 aliphatic heterocycles. The van der Waals surface area contributed by atoms with Gasteiger partial charge in [-0.25, -0.2) is 9.48 Å². The largest absolute Gasteiger partial charge is 0.465 e. The van der Waals surface area contributed by atoms with Crippen molar-refractivity contribution >= 4 is 22.8 Å². The van der Waals surface area contributed by atoms with Crippen molar-refractivity contribution in [1.29, 1.82) is 0 Å². The minimum absolute atomic E-state index is 0.0999. The molecule has 2 fully saturated rings. The van der Waals surface area contributed by atoms with Crippen LogP contribution in [0.25, 0.3) is 27.8 Å². The normalized spacial score (nSPS) is 22.1. The van der Waals surface area contributed by atoms with Crippen molar-refractivity contribution < 1.29 is 9.90 Å². The van der Waals surface area contributed by atoms with Gasteiger partial charge in [-0.2, -0.15) is 10.2 Å². The van der Waals surface area contributed by atoms with Crippen molar-refractivity contribution in [2.45, 2.75) is 43.8 Å². The molecule has 6 rings (SSSR count). The summed E-state index contributed by atoms with van der Waals surface area (Å²) in [6.07, 6.45) is 8.19. The second kappa shape index (κ2) is 7.58. The van der Waals surface area contributed by atoms with Crippen LogP contribution >= 0.6 is 0 Å². The zero-order chi connectivity index (χ0) is 22.5. The number of hydrogen-bond acceptors (Lipinski definition) is 6. The van der Waals surface area contributed by atoms with E-state index in [1.165, 1.54) is 0 Å². The van der Waals surface area contributed by atoms with Gasteiger partial charge in [-0.1, -0.05) is 0 Å². The summed E-state index contributed by atoms with van der Waals surface area (Å²) < 4.78 is 1.81. The third kappa shape index (κ3) is 3.21. The van der Waals surface area contributed by atoms with Crippen molar-refractivity contribution in [2.24, 2.45) is 0 Å². The van der Waals surface area contributed by atoms with Crippen molar-refractivity contribution in [3.8, 4) is 16.9 Å². The van der Waals surface area contributed by atoms with Crippen LogP contribution in [0.1, 0.15) is 25.7 Å². The van der Waals surface area contributed by atoms with Gasteiger partial charge in [0.2, 0.25) is 0 Å². The number of H-pyrrole nitrogens is 1. The van der Waals surface area contributed by atoms with Crippen LogP contribution < -0.4 is 4.90 Å². The lowest BCUT2D eigenvalue weighted by Gasteiger charge is -2.41. The van der Waals surface area contributed by atoms with Crippen LogP contribution in [0.15, 0.2) is 48.9 Å². The van der Waals surface area contributed by atoms with Crippen LogP contribution in [0.4, 0.5) is 10.6 Å². The molecule has 0 spiro atoms. The van der Waals surface area contributed by atoms with E-state index in [0.29, 0.717) is 0 Å². The van der Waals surface area contributed by atoms with Crippen molar-refractivity contribution in [3.63, 3.8) is 0 Å². The molecule has 2 unspecified atom stereocenters. The zero-order valence-corrected chi connectivity index (χ0v) is 18.2. The fourth-order valence-electron chi connectivity index (χ4n) is 5.47. The lowest BCUT2D eigenvalue weighted by molar-refractivity contribution is 0.0965. The number of aromatic nitrogens is 6. The maximum atomic E-state index is 11.6. The molecule has 1 aromatic carbocycles. The molecule has 10 heteroatoms. The molecule has 168 valence electrons. The monoisotopic (exact) mass is 444 g/mol. The summed E-state index contributed by atoms with van der Waals surface area (Å²) >= 11 is 0. The highest BCUT2D eigenvalue weighted by Gasteiger charge is 2.44. The van der Waals surface area contributed by atoms with E-state index >= 15 is 0 Å². The number of fused-ring (bicyclic) bond motifs is 3. The van der Waals surface area contributed by atoms with Crippen LogP contribution in [0.3, 0.4) is 0 Å². The van der Waals surface area contributed by atoms with Gasteiger partial charge in [0.05, 0.1) is 23.1 Å². The van der Waals surface area contributed by atoms with Gasteiger partial charge in [0, 0.05) is 48.5 Å². The average Bonchev–Trinajstić information content (AvgIpc) is 3.58. The van der Waals surface area contributed by atoms with Crippen LogP contribution in [0.2, 0.25) is 0 Å². The number of hydrogen-bond donors (Lipinski definition) is 2. The second-order valence-corrected chi connectivity index (χ2v) is 8.83. The number of benzene rings is 1. The Kier molecular flexibility index (Phi) is 4.53. The third-order valence-electron chi connectivity index (χ3n) is 7.11. The number of piperidine rings is 1. The zero-order valence-electron chi connectivity index (χ0n) is 18.2. The molecule has 10 nitrogen and oxygen atoms in total. The third-order valence-corrected chi connectivity index (χ3v) is 7.11. The molecule has 2 saturated heterocycles. The number of carboxylic acid groups (broad SMARTS) is 1. The number of carbonyl (C=O) groups is 1. The first-order chi connectivity index (χ1) is 16.1. The van der Waals surface area contributed by atoms with Crippen molar-refractivity contribution in [3.05, 3.63) is 48.9 Å². The summed E-state index contributed by atoms with van der Waals surface area (Å²) in [5, 5.41) is 31.1. The average molecular weight is 444 g/mol. The SMILES string of the molecule is CN(c1ccc(-c2ccc(-n3cccn3)c3cn[nH]c23)nn1)C1CC2CCC(C1)N2C(=O)O. The predicted molar refractivity (Wildman–Crippen MR) is 122 cm³/mol. The summed E-state index contributed by atoms with van der Waals surface area (Å²) in [6.45, 7) is 0. The van der Waals surface area contributed by atoms with E-state index in [4.69, 9.17) is 0 Å². The number of rotatable bonds is 4. The number of aromatic amines is 1. The van der Waals surface area contributed by atoms with Gasteiger partial charge in [0.15, 0.2) is 5.82 Å². The Balaban J connectivity index is 1.25. The van der Waals surface area contributed by atoms with Gasteiger partial charge in [-0.05, 0) is 56.0 Å². The Morgan fingerprint density at radius 1 is 1.15 bits per heavy atom. The second-order valence-electron chi connectivity index (χ2n) is 8.83. The molecule has 5 heterocycles. The quantitative estimate of drug-likeness (QED) is 0.496. The maximum absolute atomic E-state index is 11.6. The smallest absolute Gasteiger partial charge is 0.407 e. The molecule has 2 atom stereocenters. The number of nitrogens with zero attached hydrogens (tertiary/aromatic N) is 7. The molecule has 2 bridgehead atoms. The van der Waals surface area contributed by atoms with Gasteiger partial charge in [-0.15, -0.1) is 10.2 Å². The van der Waals surface area contributed by atoms with Crippen LogP contribution in [-0.4, -0.2) is 71.4 Å². The lowest BCUT2D eigenvalue weighted by Crippen LogP contribution is -2.51.